The minimum atomic E-state index is -0.463. The molecule has 0 spiro atoms. The normalized spacial score (nSPS) is 30.9. The van der Waals surface area contributed by atoms with Gasteiger partial charge in [-0.25, -0.2) is 4.79 Å². The molecule has 2 N–H and O–H groups in total. The number of nitrogens with zero attached hydrogens (tertiary/aromatic N) is 1. The van der Waals surface area contributed by atoms with Crippen molar-refractivity contribution in [2.75, 3.05) is 20.2 Å². The van der Waals surface area contributed by atoms with Crippen molar-refractivity contribution in [2.24, 2.45) is 11.7 Å². The monoisotopic (exact) mass is 284 g/mol. The van der Waals surface area contributed by atoms with E-state index in [2.05, 4.69) is 0 Å². The van der Waals surface area contributed by atoms with E-state index in [4.69, 9.17) is 15.2 Å². The van der Waals surface area contributed by atoms with E-state index < -0.39 is 6.03 Å². The molecule has 1 aliphatic carbocycles. The van der Waals surface area contributed by atoms with E-state index >= 15 is 0 Å². The fourth-order valence-electron chi connectivity index (χ4n) is 3.08. The van der Waals surface area contributed by atoms with Crippen LogP contribution in [0.3, 0.4) is 0 Å². The van der Waals surface area contributed by atoms with Crippen LogP contribution in [-0.2, 0) is 14.3 Å². The Bertz CT molecular complexity index is 361. The standard InChI is InChI=1S/C14H24N2O4/c1-19-11-6-2-3-7-12(11)20-13(17)10-5-4-8-16(9-10)14(15)18/h10-12H,2-9H2,1H3,(H2,15,18)/t10-,11-,12-/m1/s1. The van der Waals surface area contributed by atoms with E-state index in [0.29, 0.717) is 13.1 Å². The fourth-order valence-corrected chi connectivity index (χ4v) is 3.08. The highest BCUT2D eigenvalue weighted by atomic mass is 16.6. The molecule has 1 aliphatic heterocycles. The first-order valence-corrected chi connectivity index (χ1v) is 7.39. The van der Waals surface area contributed by atoms with Crippen LogP contribution in [-0.4, -0.2) is 49.3 Å². The van der Waals surface area contributed by atoms with Crippen LogP contribution in [0.15, 0.2) is 0 Å². The van der Waals surface area contributed by atoms with E-state index in [0.717, 1.165) is 38.5 Å². The molecule has 0 bridgehead atoms. The van der Waals surface area contributed by atoms with Gasteiger partial charge in [-0.1, -0.05) is 6.42 Å². The molecule has 0 radical (unpaired) electrons. The fraction of sp³-hybridized carbons (Fsp3) is 0.857. The highest BCUT2D eigenvalue weighted by Crippen LogP contribution is 2.26. The maximum atomic E-state index is 12.2. The van der Waals surface area contributed by atoms with Crippen molar-refractivity contribution < 1.29 is 19.1 Å². The van der Waals surface area contributed by atoms with Gasteiger partial charge in [0.2, 0.25) is 0 Å². The summed E-state index contributed by atoms with van der Waals surface area (Å²) in [5.41, 5.74) is 5.27. The van der Waals surface area contributed by atoms with Crippen LogP contribution in [0.5, 0.6) is 0 Å². The Hall–Kier alpha value is -1.30. The van der Waals surface area contributed by atoms with Crippen LogP contribution in [0, 0.1) is 5.92 Å². The van der Waals surface area contributed by atoms with Crippen LogP contribution in [0.25, 0.3) is 0 Å². The van der Waals surface area contributed by atoms with Gasteiger partial charge in [0.05, 0.1) is 12.0 Å². The average molecular weight is 284 g/mol. The number of carbonyl (C=O) groups is 2. The topological polar surface area (TPSA) is 81.9 Å². The minimum absolute atomic E-state index is 0.00327. The lowest BCUT2D eigenvalue weighted by molar-refractivity contribution is -0.165. The number of methoxy groups -OCH3 is 1. The van der Waals surface area contributed by atoms with E-state index in [1.54, 1.807) is 7.11 Å². The number of ether oxygens (including phenoxy) is 2. The number of rotatable bonds is 3. The maximum Gasteiger partial charge on any atom is 0.314 e. The smallest absolute Gasteiger partial charge is 0.314 e. The molecule has 0 aromatic heterocycles. The molecule has 1 saturated heterocycles. The van der Waals surface area contributed by atoms with Crippen molar-refractivity contribution in [2.45, 2.75) is 50.7 Å². The molecule has 2 rings (SSSR count). The first-order valence-electron chi connectivity index (χ1n) is 7.39. The molecule has 3 atom stereocenters. The zero-order valence-corrected chi connectivity index (χ0v) is 12.0. The summed E-state index contributed by atoms with van der Waals surface area (Å²) in [6, 6.07) is -0.463. The maximum absolute atomic E-state index is 12.2. The van der Waals surface area contributed by atoms with Gasteiger partial charge in [0.1, 0.15) is 6.10 Å². The highest BCUT2D eigenvalue weighted by molar-refractivity contribution is 5.76. The van der Waals surface area contributed by atoms with Gasteiger partial charge in [-0.2, -0.15) is 0 Å². The Morgan fingerprint density at radius 3 is 2.45 bits per heavy atom. The number of hydrogen-bond donors (Lipinski definition) is 1. The Morgan fingerprint density at radius 2 is 1.80 bits per heavy atom. The number of carbonyl (C=O) groups excluding carboxylic acids is 2. The van der Waals surface area contributed by atoms with Crippen molar-refractivity contribution in [3.63, 3.8) is 0 Å². The van der Waals surface area contributed by atoms with Gasteiger partial charge < -0.3 is 20.1 Å². The molecule has 1 saturated carbocycles. The Kier molecular flexibility index (Phi) is 5.23. The third-order valence-electron chi connectivity index (χ3n) is 4.28. The summed E-state index contributed by atoms with van der Waals surface area (Å²) in [6.07, 6.45) is 5.38. The summed E-state index contributed by atoms with van der Waals surface area (Å²) in [6.45, 7) is 1.00. The summed E-state index contributed by atoms with van der Waals surface area (Å²) in [5.74, 6) is -0.472. The molecule has 114 valence electrons. The molecule has 0 unspecified atom stereocenters. The predicted octanol–water partition coefficient (Wildman–Crippen LogP) is 1.28. The summed E-state index contributed by atoms with van der Waals surface area (Å²) in [7, 11) is 1.66. The number of piperidine rings is 1. The van der Waals surface area contributed by atoms with E-state index in [9.17, 15) is 9.59 Å². The number of hydrogen-bond acceptors (Lipinski definition) is 4. The SMILES string of the molecule is CO[C@@H]1CCCC[C@H]1OC(=O)[C@@H]1CCCN(C(N)=O)C1. The Balaban J connectivity index is 1.88. The first-order chi connectivity index (χ1) is 9.61. The van der Waals surface area contributed by atoms with Crippen molar-refractivity contribution in [3.8, 4) is 0 Å². The summed E-state index contributed by atoms with van der Waals surface area (Å²) in [5, 5.41) is 0. The van der Waals surface area contributed by atoms with Crippen LogP contribution in [0.1, 0.15) is 38.5 Å². The van der Waals surface area contributed by atoms with Crippen LogP contribution >= 0.6 is 0 Å². The molecule has 0 aromatic rings. The van der Waals surface area contributed by atoms with E-state index in [1.165, 1.54) is 4.90 Å². The van der Waals surface area contributed by atoms with Gasteiger partial charge in [0, 0.05) is 20.2 Å². The van der Waals surface area contributed by atoms with Crippen molar-refractivity contribution in [1.29, 1.82) is 0 Å². The lowest BCUT2D eigenvalue weighted by Gasteiger charge is -2.34. The number of likely N-dealkylation sites (tertiary alicyclic amines) is 1. The number of urea groups is 1. The van der Waals surface area contributed by atoms with Crippen molar-refractivity contribution in [3.05, 3.63) is 0 Å². The number of nitrogens with two attached hydrogens (primary N) is 1. The van der Waals surface area contributed by atoms with Gasteiger partial charge in [0.25, 0.3) is 0 Å². The third-order valence-corrected chi connectivity index (χ3v) is 4.28. The number of amides is 2. The molecule has 6 nitrogen and oxygen atoms in total. The second-order valence-electron chi connectivity index (χ2n) is 5.66. The van der Waals surface area contributed by atoms with Gasteiger partial charge in [-0.15, -0.1) is 0 Å². The predicted molar refractivity (Wildman–Crippen MR) is 73.0 cm³/mol. The second-order valence-corrected chi connectivity index (χ2v) is 5.66. The second kappa shape index (κ2) is 6.92. The van der Waals surface area contributed by atoms with Gasteiger partial charge >= 0.3 is 12.0 Å². The highest BCUT2D eigenvalue weighted by Gasteiger charge is 2.33. The van der Waals surface area contributed by atoms with Crippen LogP contribution in [0.2, 0.25) is 0 Å². The summed E-state index contributed by atoms with van der Waals surface area (Å²) < 4.78 is 11.0. The first kappa shape index (κ1) is 15.1. The van der Waals surface area contributed by atoms with Crippen molar-refractivity contribution in [1.82, 2.24) is 4.90 Å². The zero-order chi connectivity index (χ0) is 14.5. The molecule has 20 heavy (non-hydrogen) atoms. The third kappa shape index (κ3) is 3.62. The van der Waals surface area contributed by atoms with Crippen LogP contribution in [0.4, 0.5) is 4.79 Å². The zero-order valence-electron chi connectivity index (χ0n) is 12.0. The molecule has 2 amide bonds. The lowest BCUT2D eigenvalue weighted by Crippen LogP contribution is -2.46. The molecular formula is C14H24N2O4. The number of primary amides is 1. The lowest BCUT2D eigenvalue weighted by atomic mass is 9.94. The van der Waals surface area contributed by atoms with Gasteiger partial charge in [0.15, 0.2) is 0 Å². The quantitative estimate of drug-likeness (QED) is 0.791. The van der Waals surface area contributed by atoms with E-state index in [1.807, 2.05) is 0 Å². The molecular weight excluding hydrogens is 260 g/mol. The van der Waals surface area contributed by atoms with E-state index in [-0.39, 0.29) is 24.1 Å². The minimum Gasteiger partial charge on any atom is -0.459 e. The van der Waals surface area contributed by atoms with Gasteiger partial charge in [-0.05, 0) is 32.1 Å². The van der Waals surface area contributed by atoms with Crippen LogP contribution < -0.4 is 5.73 Å². The van der Waals surface area contributed by atoms with Crippen molar-refractivity contribution >= 4 is 12.0 Å². The molecule has 1 heterocycles. The summed E-state index contributed by atoms with van der Waals surface area (Å²) in [4.78, 5) is 24.9. The summed E-state index contributed by atoms with van der Waals surface area (Å²) >= 11 is 0. The Labute approximate surface area is 119 Å². The Morgan fingerprint density at radius 1 is 1.10 bits per heavy atom. The molecule has 0 aromatic carbocycles. The van der Waals surface area contributed by atoms with Gasteiger partial charge in [-0.3, -0.25) is 4.79 Å². The number of esters is 1. The molecule has 2 aliphatic rings. The molecule has 6 heteroatoms. The molecule has 2 fully saturated rings. The average Bonchev–Trinajstić information content (AvgIpc) is 2.48. The largest absolute Gasteiger partial charge is 0.459 e.